The first-order chi connectivity index (χ1) is 32.3. The fourth-order valence-corrected chi connectivity index (χ4v) is 8.44. The van der Waals surface area contributed by atoms with E-state index in [0.29, 0.717) is 51.0 Å². The summed E-state index contributed by atoms with van der Waals surface area (Å²) in [6.45, 7) is 31.8. The third kappa shape index (κ3) is 12.9. The van der Waals surface area contributed by atoms with Gasteiger partial charge in [0, 0.05) is 0 Å². The molecule has 5 nitrogen and oxygen atoms in total. The molecule has 0 fully saturated rings. The number of fused-ring (bicyclic) bond motifs is 9. The second-order valence-corrected chi connectivity index (χ2v) is 22.3. The van der Waals surface area contributed by atoms with Crippen LogP contribution >= 0.6 is 0 Å². The van der Waals surface area contributed by atoms with Crippen LogP contribution in [-0.4, -0.2) is 0 Å². The van der Waals surface area contributed by atoms with Gasteiger partial charge in [-0.25, -0.2) is 0 Å². The zero-order valence-corrected chi connectivity index (χ0v) is 43.5. The Balaban J connectivity index is 0.00000438. The second-order valence-electron chi connectivity index (χ2n) is 22.3. The van der Waals surface area contributed by atoms with E-state index < -0.39 is 0 Å². The van der Waals surface area contributed by atoms with Gasteiger partial charge < -0.3 is 0 Å². The lowest BCUT2D eigenvalue weighted by molar-refractivity contribution is 0.289. The Hall–Kier alpha value is -7.49. The molecule has 1 unspecified atom stereocenters. The summed E-state index contributed by atoms with van der Waals surface area (Å²) in [5.74, 6) is 0.0652. The summed E-state index contributed by atoms with van der Waals surface area (Å²) in [4.78, 5) is 0. The Kier molecular flexibility index (Phi) is 15.8. The van der Waals surface area contributed by atoms with E-state index in [2.05, 4.69) is 150 Å². The number of aryl methyl sites for hydroxylation is 1. The van der Waals surface area contributed by atoms with Crippen molar-refractivity contribution in [1.29, 1.82) is 26.3 Å². The van der Waals surface area contributed by atoms with Gasteiger partial charge in [0.2, 0.25) is 0 Å². The van der Waals surface area contributed by atoms with E-state index >= 15 is 0 Å². The number of hydrogen-bond donors (Lipinski definition) is 0. The first kappa shape index (κ1) is 52.5. The topological polar surface area (TPSA) is 119 Å². The summed E-state index contributed by atoms with van der Waals surface area (Å²) in [6, 6.07) is 36.7. The Morgan fingerprint density at radius 2 is 0.710 bits per heavy atom. The molecule has 5 heteroatoms. The predicted molar refractivity (Wildman–Crippen MR) is 289 cm³/mol. The fraction of sp³-hybridized carbons (Fsp3) is 0.328. The molecule has 1 atom stereocenters. The van der Waals surface area contributed by atoms with E-state index in [4.69, 9.17) is 0 Å². The van der Waals surface area contributed by atoms with Crippen LogP contribution in [0.3, 0.4) is 0 Å². The van der Waals surface area contributed by atoms with Crippen molar-refractivity contribution in [2.45, 2.75) is 127 Å². The molecule has 69 heavy (non-hydrogen) atoms. The van der Waals surface area contributed by atoms with Crippen LogP contribution in [-0.2, 0) is 16.2 Å². The zero-order chi connectivity index (χ0) is 51.2. The number of hydrogen-bond acceptors (Lipinski definition) is 5. The third-order valence-electron chi connectivity index (χ3n) is 12.6. The maximum absolute atomic E-state index is 10.9. The van der Waals surface area contributed by atoms with Crippen LogP contribution in [0.5, 0.6) is 0 Å². The van der Waals surface area contributed by atoms with Crippen molar-refractivity contribution < 1.29 is 0 Å². The highest BCUT2D eigenvalue weighted by atomic mass is 14.4. The van der Waals surface area contributed by atoms with Crippen LogP contribution in [0.25, 0.3) is 46.6 Å². The molecule has 4 aromatic carbocycles. The molecular formula is C64H67N5. The van der Waals surface area contributed by atoms with Gasteiger partial charge in [0.15, 0.2) is 0 Å². The Bertz CT molecular complexity index is 3120. The molecule has 0 amide bonds. The highest BCUT2D eigenvalue weighted by Gasteiger charge is 2.28. The lowest BCUT2D eigenvalue weighted by Crippen LogP contribution is -2.21. The SMILES string of the molecule is CC.Cc1cc2cc(c1)/C(C#N)=C/c1cc(cc(C(C)(C)C)c1)/C(C#N)=C/c1cc(cc(C(C)(C)C)c1)/C(C#N)=C/c1cc(cc(C(C)(C)C)c1)/C(C#N)=C/C1=CC(C(C)(C)C)CC(=C1)/C(C#N)=C/2. The standard InChI is InChI=1S/C62H61N5.C2H6/c1-39-14-40-16-45(15-39)50(34-63)22-41-17-47(31-55(26-41)59(2,3)4)52(36-65)24-43-19-49(33-57(28-43)61(8,9)10)54(38-67)25-44-20-48(32-58(29-44)62(11,12)13)53(37-66)23-42-18-46(51(21-40)35-64)30-56(27-42)60(5,6)7;1-2/h14-29,31-33,56H,30H2,1-13H3;1-2H3/b50-22+,51-21+,52-24+,53-23+,54-25+;. The van der Waals surface area contributed by atoms with E-state index in [9.17, 15) is 26.3 Å². The van der Waals surface area contributed by atoms with Gasteiger partial charge in [0.05, 0.1) is 58.2 Å². The smallest absolute Gasteiger partial charge is 0.0998 e. The average Bonchev–Trinajstić information content (AvgIpc) is 3.28. The summed E-state index contributed by atoms with van der Waals surface area (Å²) >= 11 is 0. The van der Waals surface area contributed by atoms with Crippen molar-refractivity contribution >= 4 is 46.6 Å². The van der Waals surface area contributed by atoms with Crippen molar-refractivity contribution in [3.8, 4) is 30.3 Å². The number of benzene rings is 4. The summed E-state index contributed by atoms with van der Waals surface area (Å²) in [6.07, 6.45) is 14.3. The summed E-state index contributed by atoms with van der Waals surface area (Å²) in [5.41, 5.74) is 13.0. The molecule has 0 N–H and O–H groups in total. The van der Waals surface area contributed by atoms with Crippen LogP contribution in [0.4, 0.5) is 0 Å². The van der Waals surface area contributed by atoms with Gasteiger partial charge in [-0.3, -0.25) is 0 Å². The number of nitriles is 5. The molecule has 0 heterocycles. The van der Waals surface area contributed by atoms with Gasteiger partial charge in [-0.1, -0.05) is 139 Å². The van der Waals surface area contributed by atoms with Crippen LogP contribution in [0.2, 0.25) is 0 Å². The summed E-state index contributed by atoms with van der Waals surface area (Å²) in [5, 5.41) is 54.2. The molecule has 6 rings (SSSR count). The molecule has 10 bridgehead atoms. The minimum Gasteiger partial charge on any atom is -0.192 e. The van der Waals surface area contributed by atoms with Crippen molar-refractivity contribution in [3.05, 3.63) is 175 Å². The van der Waals surface area contributed by atoms with Gasteiger partial charge in [0.1, 0.15) is 0 Å². The molecule has 2 aliphatic rings. The Labute approximate surface area is 413 Å². The highest BCUT2D eigenvalue weighted by Crippen LogP contribution is 2.41. The lowest BCUT2D eigenvalue weighted by atomic mass is 9.72. The number of allylic oxidation sites excluding steroid dienone is 10. The Morgan fingerprint density at radius 3 is 1.04 bits per heavy atom. The van der Waals surface area contributed by atoms with Crippen LogP contribution in [0.15, 0.2) is 108 Å². The molecule has 0 spiro atoms. The number of rotatable bonds is 0. The third-order valence-corrected chi connectivity index (χ3v) is 12.6. The monoisotopic (exact) mass is 906 g/mol. The molecule has 0 aliphatic heterocycles. The molecule has 4 aromatic rings. The first-order valence-electron chi connectivity index (χ1n) is 23.9. The normalized spacial score (nSPS) is 19.3. The molecule has 0 saturated heterocycles. The van der Waals surface area contributed by atoms with Crippen molar-refractivity contribution in [2.75, 3.05) is 0 Å². The van der Waals surface area contributed by atoms with E-state index in [1.807, 2.05) is 99.7 Å². The van der Waals surface area contributed by atoms with Gasteiger partial charge in [-0.2, -0.15) is 26.3 Å². The van der Waals surface area contributed by atoms with Crippen molar-refractivity contribution in [1.82, 2.24) is 0 Å². The molecule has 0 aromatic heterocycles. The van der Waals surface area contributed by atoms with E-state index in [-0.39, 0.29) is 27.6 Å². The first-order valence-corrected chi connectivity index (χ1v) is 23.9. The van der Waals surface area contributed by atoms with Gasteiger partial charge >= 0.3 is 0 Å². The van der Waals surface area contributed by atoms with E-state index in [1.54, 1.807) is 0 Å². The molecule has 2 aliphatic carbocycles. The Morgan fingerprint density at radius 1 is 0.391 bits per heavy atom. The zero-order valence-electron chi connectivity index (χ0n) is 43.5. The minimum absolute atomic E-state index is 0.0652. The lowest BCUT2D eigenvalue weighted by Gasteiger charge is -2.32. The van der Waals surface area contributed by atoms with Crippen LogP contribution in [0.1, 0.15) is 170 Å². The van der Waals surface area contributed by atoms with Gasteiger partial charge in [-0.15, -0.1) is 0 Å². The minimum atomic E-state index is -0.287. The van der Waals surface area contributed by atoms with Crippen LogP contribution < -0.4 is 0 Å². The average molecular weight is 906 g/mol. The molecular weight excluding hydrogens is 839 g/mol. The fourth-order valence-electron chi connectivity index (χ4n) is 8.44. The number of nitrogens with zero attached hydrogens (tertiary/aromatic N) is 5. The van der Waals surface area contributed by atoms with Crippen LogP contribution in [0, 0.1) is 74.9 Å². The molecule has 0 radical (unpaired) electrons. The van der Waals surface area contributed by atoms with E-state index in [1.165, 1.54) is 0 Å². The highest BCUT2D eigenvalue weighted by molar-refractivity contribution is 5.96. The summed E-state index contributed by atoms with van der Waals surface area (Å²) in [7, 11) is 0. The molecule has 348 valence electrons. The maximum atomic E-state index is 10.9. The van der Waals surface area contributed by atoms with Crippen molar-refractivity contribution in [2.24, 2.45) is 11.3 Å². The largest absolute Gasteiger partial charge is 0.192 e. The van der Waals surface area contributed by atoms with Gasteiger partial charge in [0.25, 0.3) is 0 Å². The van der Waals surface area contributed by atoms with E-state index in [0.717, 1.165) is 61.2 Å². The van der Waals surface area contributed by atoms with Gasteiger partial charge in [-0.05, 0) is 192 Å². The predicted octanol–water partition coefficient (Wildman–Crippen LogP) is 16.9. The second kappa shape index (κ2) is 20.8. The van der Waals surface area contributed by atoms with Crippen molar-refractivity contribution in [3.63, 3.8) is 0 Å². The molecule has 0 saturated carbocycles. The maximum Gasteiger partial charge on any atom is 0.0998 e. The quantitative estimate of drug-likeness (QED) is 0.174. The summed E-state index contributed by atoms with van der Waals surface area (Å²) < 4.78 is 0.